The molecule has 1 heterocycles. The van der Waals surface area contributed by atoms with Crippen LogP contribution in [0.1, 0.15) is 45.1 Å². The van der Waals surface area contributed by atoms with Crippen LogP contribution >= 0.6 is 0 Å². The van der Waals surface area contributed by atoms with Crippen molar-refractivity contribution in [2.45, 2.75) is 44.4 Å². The molecule has 1 fully saturated rings. The number of sulfonamides is 1. The minimum atomic E-state index is -3.48. The van der Waals surface area contributed by atoms with Crippen molar-refractivity contribution in [1.82, 2.24) is 4.31 Å². The summed E-state index contributed by atoms with van der Waals surface area (Å²) in [5, 5.41) is 2.80. The zero-order valence-electron chi connectivity index (χ0n) is 19.2. The number of carbonyl (C=O) groups excluding carboxylic acids is 1. The van der Waals surface area contributed by atoms with Crippen molar-refractivity contribution in [2.75, 3.05) is 31.6 Å². The summed E-state index contributed by atoms with van der Waals surface area (Å²) < 4.78 is 38.5. The molecule has 2 aromatic rings. The monoisotopic (exact) mass is 472 g/mol. The van der Waals surface area contributed by atoms with Crippen LogP contribution < -0.4 is 14.8 Å². The first kappa shape index (κ1) is 24.8. The number of benzene rings is 2. The van der Waals surface area contributed by atoms with Crippen molar-refractivity contribution < 1.29 is 22.7 Å². The molecule has 7 nitrogen and oxygen atoms in total. The van der Waals surface area contributed by atoms with Crippen molar-refractivity contribution in [1.29, 1.82) is 0 Å². The Morgan fingerprint density at radius 3 is 2.21 bits per heavy atom. The maximum Gasteiger partial charge on any atom is 0.248 e. The first-order valence-corrected chi connectivity index (χ1v) is 12.9. The molecule has 0 aliphatic carbocycles. The van der Waals surface area contributed by atoms with Gasteiger partial charge in [-0.3, -0.25) is 4.79 Å². The van der Waals surface area contributed by atoms with Gasteiger partial charge in [-0.2, -0.15) is 4.31 Å². The first-order chi connectivity index (χ1) is 15.9. The van der Waals surface area contributed by atoms with Gasteiger partial charge in [0.1, 0.15) is 0 Å². The zero-order chi connectivity index (χ0) is 23.7. The molecule has 0 atom stereocenters. The molecule has 0 saturated carbocycles. The molecule has 0 aromatic heterocycles. The lowest BCUT2D eigenvalue weighted by atomic mass is 10.2. The van der Waals surface area contributed by atoms with E-state index < -0.39 is 10.0 Å². The van der Waals surface area contributed by atoms with Gasteiger partial charge in [-0.15, -0.1) is 0 Å². The van der Waals surface area contributed by atoms with Gasteiger partial charge in [0, 0.05) is 30.9 Å². The number of hydrogen-bond acceptors (Lipinski definition) is 5. The number of rotatable bonds is 9. The number of anilines is 1. The van der Waals surface area contributed by atoms with E-state index in [-0.39, 0.29) is 10.8 Å². The quantitative estimate of drug-likeness (QED) is 0.535. The van der Waals surface area contributed by atoms with E-state index in [4.69, 9.17) is 9.47 Å². The van der Waals surface area contributed by atoms with Crippen LogP contribution in [-0.2, 0) is 14.8 Å². The number of hydrogen-bond donors (Lipinski definition) is 1. The molecule has 3 rings (SSSR count). The fourth-order valence-corrected chi connectivity index (χ4v) is 5.18. The Labute approximate surface area is 196 Å². The summed E-state index contributed by atoms with van der Waals surface area (Å²) in [6, 6.07) is 11.8. The largest absolute Gasteiger partial charge is 0.490 e. The maximum atomic E-state index is 12.9. The molecule has 33 heavy (non-hydrogen) atoms. The number of carbonyl (C=O) groups is 1. The summed E-state index contributed by atoms with van der Waals surface area (Å²) in [6.45, 7) is 5.93. The van der Waals surface area contributed by atoms with Crippen LogP contribution in [0.15, 0.2) is 53.4 Å². The molecule has 2 aromatic carbocycles. The van der Waals surface area contributed by atoms with Crippen LogP contribution in [0.2, 0.25) is 0 Å². The summed E-state index contributed by atoms with van der Waals surface area (Å²) in [6.07, 6.45) is 7.00. The lowest BCUT2D eigenvalue weighted by Crippen LogP contribution is -2.31. The van der Waals surface area contributed by atoms with Crippen molar-refractivity contribution in [3.05, 3.63) is 54.1 Å². The average molecular weight is 473 g/mol. The first-order valence-electron chi connectivity index (χ1n) is 11.4. The van der Waals surface area contributed by atoms with E-state index >= 15 is 0 Å². The van der Waals surface area contributed by atoms with Gasteiger partial charge in [0.15, 0.2) is 11.5 Å². The Balaban J connectivity index is 1.64. The second-order valence-electron chi connectivity index (χ2n) is 7.74. The van der Waals surface area contributed by atoms with Crippen LogP contribution in [0.4, 0.5) is 5.69 Å². The van der Waals surface area contributed by atoms with Gasteiger partial charge in [-0.25, -0.2) is 8.42 Å². The summed E-state index contributed by atoms with van der Waals surface area (Å²) in [7, 11) is -3.48. The molecule has 1 saturated heterocycles. The van der Waals surface area contributed by atoms with E-state index in [9.17, 15) is 13.2 Å². The molecule has 1 N–H and O–H groups in total. The maximum absolute atomic E-state index is 12.9. The van der Waals surface area contributed by atoms with Crippen molar-refractivity contribution in [3.63, 3.8) is 0 Å². The zero-order valence-corrected chi connectivity index (χ0v) is 20.1. The third kappa shape index (κ3) is 6.82. The van der Waals surface area contributed by atoms with E-state index in [0.717, 1.165) is 31.2 Å². The van der Waals surface area contributed by atoms with Gasteiger partial charge >= 0.3 is 0 Å². The van der Waals surface area contributed by atoms with Crippen molar-refractivity contribution >= 4 is 27.7 Å². The van der Waals surface area contributed by atoms with E-state index in [1.54, 1.807) is 52.8 Å². The highest BCUT2D eigenvalue weighted by atomic mass is 32.2. The molecule has 0 bridgehead atoms. The van der Waals surface area contributed by atoms with Crippen LogP contribution in [0.5, 0.6) is 11.5 Å². The highest BCUT2D eigenvalue weighted by molar-refractivity contribution is 7.89. The Morgan fingerprint density at radius 2 is 1.58 bits per heavy atom. The van der Waals surface area contributed by atoms with Gasteiger partial charge in [0.05, 0.1) is 18.1 Å². The topological polar surface area (TPSA) is 84.9 Å². The van der Waals surface area contributed by atoms with Gasteiger partial charge in [0.25, 0.3) is 0 Å². The second-order valence-corrected chi connectivity index (χ2v) is 9.68. The Bertz CT molecular complexity index is 1060. The smallest absolute Gasteiger partial charge is 0.248 e. The van der Waals surface area contributed by atoms with Gasteiger partial charge in [-0.1, -0.05) is 25.0 Å². The van der Waals surface area contributed by atoms with Crippen molar-refractivity contribution in [2.24, 2.45) is 0 Å². The van der Waals surface area contributed by atoms with E-state index in [1.165, 1.54) is 6.08 Å². The summed E-state index contributed by atoms with van der Waals surface area (Å²) in [4.78, 5) is 12.6. The number of amides is 1. The predicted molar refractivity (Wildman–Crippen MR) is 130 cm³/mol. The number of nitrogens with one attached hydrogen (secondary N) is 1. The van der Waals surface area contributed by atoms with Crippen LogP contribution in [0, 0.1) is 0 Å². The Morgan fingerprint density at radius 1 is 0.939 bits per heavy atom. The SMILES string of the molecule is CCOc1ccc(NC(=O)/C=C/c2ccc(S(=O)(=O)N3CCCCCC3)cc2)cc1OCC. The molecule has 1 amide bonds. The molecular weight excluding hydrogens is 440 g/mol. The molecule has 0 radical (unpaired) electrons. The Hall–Kier alpha value is -2.84. The molecule has 0 spiro atoms. The van der Waals surface area contributed by atoms with Crippen LogP contribution in [0.25, 0.3) is 6.08 Å². The van der Waals surface area contributed by atoms with Crippen LogP contribution in [0.3, 0.4) is 0 Å². The minimum Gasteiger partial charge on any atom is -0.490 e. The van der Waals surface area contributed by atoms with Crippen molar-refractivity contribution in [3.8, 4) is 11.5 Å². The molecular formula is C25H32N2O5S. The number of nitrogens with zero attached hydrogens (tertiary/aromatic N) is 1. The standard InChI is InChI=1S/C25H32N2O5S/c1-3-31-23-15-12-21(19-24(23)32-4-2)26-25(28)16-11-20-9-13-22(14-10-20)33(29,30)27-17-7-5-6-8-18-27/h9-16,19H,3-8,17-18H2,1-2H3,(H,26,28)/b16-11+. The third-order valence-corrected chi connectivity index (χ3v) is 7.23. The fourth-order valence-electron chi connectivity index (χ4n) is 3.67. The predicted octanol–water partition coefficient (Wildman–Crippen LogP) is 4.70. The van der Waals surface area contributed by atoms with Crippen LogP contribution in [-0.4, -0.2) is 44.9 Å². The highest BCUT2D eigenvalue weighted by Crippen LogP contribution is 2.30. The third-order valence-electron chi connectivity index (χ3n) is 5.32. The normalized spacial score (nSPS) is 15.2. The summed E-state index contributed by atoms with van der Waals surface area (Å²) in [5.74, 6) is 0.897. The lowest BCUT2D eigenvalue weighted by Gasteiger charge is -2.19. The molecule has 8 heteroatoms. The molecule has 0 unspecified atom stereocenters. The highest BCUT2D eigenvalue weighted by Gasteiger charge is 2.24. The van der Waals surface area contributed by atoms with Gasteiger partial charge in [0.2, 0.25) is 15.9 Å². The lowest BCUT2D eigenvalue weighted by molar-refractivity contribution is -0.111. The Kier molecular flexibility index (Phi) is 8.91. The molecule has 178 valence electrons. The summed E-state index contributed by atoms with van der Waals surface area (Å²) in [5.41, 5.74) is 1.33. The fraction of sp³-hybridized carbons (Fsp3) is 0.400. The average Bonchev–Trinajstić information content (AvgIpc) is 3.10. The summed E-state index contributed by atoms with van der Waals surface area (Å²) >= 11 is 0. The minimum absolute atomic E-state index is 0.281. The molecule has 1 aliphatic rings. The molecule has 1 aliphatic heterocycles. The number of ether oxygens (including phenoxy) is 2. The van der Waals surface area contributed by atoms with E-state index in [1.807, 2.05) is 13.8 Å². The second kappa shape index (κ2) is 11.9. The van der Waals surface area contributed by atoms with Gasteiger partial charge < -0.3 is 14.8 Å². The van der Waals surface area contributed by atoms with E-state index in [0.29, 0.717) is 43.5 Å². The van der Waals surface area contributed by atoms with Gasteiger partial charge in [-0.05, 0) is 62.6 Å². The van der Waals surface area contributed by atoms with E-state index in [2.05, 4.69) is 5.32 Å².